The molecule has 0 radical (unpaired) electrons. The molecule has 0 atom stereocenters. The van der Waals surface area contributed by atoms with Crippen molar-refractivity contribution >= 4 is 6.09 Å². The molecule has 0 aromatic heterocycles. The molecule has 1 N–H and O–H groups in total. The van der Waals surface area contributed by atoms with Crippen molar-refractivity contribution in [3.63, 3.8) is 0 Å². The van der Waals surface area contributed by atoms with E-state index in [-0.39, 0.29) is 0 Å². The van der Waals surface area contributed by atoms with Crippen LogP contribution >= 0.6 is 0 Å². The number of rotatable bonds is 3. The van der Waals surface area contributed by atoms with Crippen LogP contribution in [0.4, 0.5) is 4.79 Å². The van der Waals surface area contributed by atoms with Crippen molar-refractivity contribution in [1.82, 2.24) is 5.32 Å². The van der Waals surface area contributed by atoms with Crippen LogP contribution in [0, 0.1) is 0 Å². The van der Waals surface area contributed by atoms with Gasteiger partial charge in [-0.1, -0.05) is 6.08 Å². The lowest BCUT2D eigenvalue weighted by Gasteiger charge is -1.99. The van der Waals surface area contributed by atoms with Crippen molar-refractivity contribution < 1.29 is 9.53 Å². The van der Waals surface area contributed by atoms with Crippen LogP contribution in [0.25, 0.3) is 0 Å². The van der Waals surface area contributed by atoms with Crippen LogP contribution in [0.1, 0.15) is 6.42 Å². The molecule has 1 amide bonds. The predicted octanol–water partition coefficient (Wildman–Crippen LogP) is 0.919. The molecule has 0 aromatic carbocycles. The zero-order chi connectivity index (χ0) is 7.11. The van der Waals surface area contributed by atoms with Crippen molar-refractivity contribution in [2.75, 3.05) is 13.7 Å². The van der Waals surface area contributed by atoms with Gasteiger partial charge in [-0.05, 0) is 6.42 Å². The summed E-state index contributed by atoms with van der Waals surface area (Å²) in [6.45, 7) is 3.88. The first kappa shape index (κ1) is 8.01. The lowest BCUT2D eigenvalue weighted by molar-refractivity contribution is 0.150. The highest BCUT2D eigenvalue weighted by atomic mass is 16.5. The summed E-state index contributed by atoms with van der Waals surface area (Å²) in [5.41, 5.74) is 0. The maximum atomic E-state index is 10.3. The van der Waals surface area contributed by atoms with E-state index in [0.29, 0.717) is 13.0 Å². The van der Waals surface area contributed by atoms with Gasteiger partial charge < -0.3 is 10.1 Å². The third kappa shape index (κ3) is 4.87. The molecule has 0 unspecified atom stereocenters. The summed E-state index contributed by atoms with van der Waals surface area (Å²) < 4.78 is 4.61. The summed E-state index contributed by atoms with van der Waals surface area (Å²) in [6.07, 6.45) is 2.01. The summed E-state index contributed by atoms with van der Waals surface area (Å²) in [4.78, 5) is 10.3. The van der Waals surface area contributed by atoms with Crippen LogP contribution in [-0.4, -0.2) is 19.7 Å². The van der Waals surface area contributed by atoms with Crippen LogP contribution in [0.2, 0.25) is 0 Å². The zero-order valence-corrected chi connectivity index (χ0v) is 5.52. The molecule has 52 valence electrons. The minimum absolute atomic E-state index is 0.392. The van der Waals surface area contributed by atoms with Gasteiger partial charge in [0.05, 0.1) is 6.61 Å². The Hall–Kier alpha value is -0.990. The number of nitrogens with one attached hydrogen (secondary N) is 1. The lowest BCUT2D eigenvalue weighted by atomic mass is 10.5. The summed E-state index contributed by atoms with van der Waals surface area (Å²) in [7, 11) is 1.52. The average Bonchev–Trinajstić information content (AvgIpc) is 1.89. The maximum Gasteiger partial charge on any atom is 0.406 e. The number of ether oxygens (including phenoxy) is 1. The highest BCUT2D eigenvalue weighted by Crippen LogP contribution is 1.82. The van der Waals surface area contributed by atoms with Gasteiger partial charge in [0.15, 0.2) is 0 Å². The van der Waals surface area contributed by atoms with Gasteiger partial charge in [0.2, 0.25) is 0 Å². The van der Waals surface area contributed by atoms with E-state index in [9.17, 15) is 4.79 Å². The van der Waals surface area contributed by atoms with E-state index < -0.39 is 6.09 Å². The van der Waals surface area contributed by atoms with Gasteiger partial charge in [0.1, 0.15) is 0 Å². The van der Waals surface area contributed by atoms with Gasteiger partial charge in [-0.3, -0.25) is 0 Å². The second-order valence-corrected chi connectivity index (χ2v) is 1.46. The Labute approximate surface area is 54.7 Å². The van der Waals surface area contributed by atoms with Crippen molar-refractivity contribution in [1.29, 1.82) is 0 Å². The first-order valence-electron chi connectivity index (χ1n) is 2.76. The molecule has 0 aromatic rings. The molecule has 0 heterocycles. The number of carbonyl (C=O) groups excluding carboxylic acids is 1. The summed E-state index contributed by atoms with van der Waals surface area (Å²) >= 11 is 0. The Balaban J connectivity index is 3.06. The Morgan fingerprint density at radius 2 is 2.56 bits per heavy atom. The number of hydrogen-bond donors (Lipinski definition) is 1. The second-order valence-electron chi connectivity index (χ2n) is 1.46. The van der Waals surface area contributed by atoms with Crippen LogP contribution < -0.4 is 5.32 Å². The first-order valence-corrected chi connectivity index (χ1v) is 2.76. The number of amides is 1. The molecule has 3 heteroatoms. The third-order valence-corrected chi connectivity index (χ3v) is 0.759. The molecular weight excluding hydrogens is 118 g/mol. The highest BCUT2D eigenvalue weighted by Gasteiger charge is 1.92. The Bertz CT molecular complexity index is 101. The standard InChI is InChI=1S/C6H11NO2/c1-3-4-5-9-6(8)7-2/h3H,1,4-5H2,2H3,(H,7,8). The van der Waals surface area contributed by atoms with Crippen molar-refractivity contribution in [3.05, 3.63) is 12.7 Å². The van der Waals surface area contributed by atoms with Gasteiger partial charge >= 0.3 is 6.09 Å². The number of carbonyl (C=O) groups is 1. The zero-order valence-electron chi connectivity index (χ0n) is 5.52. The van der Waals surface area contributed by atoms with Crippen LogP contribution in [0.15, 0.2) is 12.7 Å². The van der Waals surface area contributed by atoms with E-state index in [2.05, 4.69) is 16.6 Å². The number of alkyl carbamates (subject to hydrolysis) is 1. The molecule has 0 fully saturated rings. The normalized spacial score (nSPS) is 8.11. The molecular formula is C6H11NO2. The van der Waals surface area contributed by atoms with E-state index in [1.54, 1.807) is 6.08 Å². The van der Waals surface area contributed by atoms with Crippen LogP contribution in [0.3, 0.4) is 0 Å². The van der Waals surface area contributed by atoms with Crippen LogP contribution in [-0.2, 0) is 4.74 Å². The lowest BCUT2D eigenvalue weighted by Crippen LogP contribution is -2.19. The SMILES string of the molecule is C=CCCOC(=O)NC. The predicted molar refractivity (Wildman–Crippen MR) is 35.2 cm³/mol. The molecule has 0 aliphatic carbocycles. The fourth-order valence-corrected chi connectivity index (χ4v) is 0.307. The molecule has 0 saturated carbocycles. The van der Waals surface area contributed by atoms with E-state index in [4.69, 9.17) is 0 Å². The smallest absolute Gasteiger partial charge is 0.406 e. The molecule has 0 rings (SSSR count). The summed E-state index contributed by atoms with van der Waals surface area (Å²) in [6, 6.07) is 0. The van der Waals surface area contributed by atoms with E-state index >= 15 is 0 Å². The fraction of sp³-hybridized carbons (Fsp3) is 0.500. The quantitative estimate of drug-likeness (QED) is 0.454. The molecule has 0 aliphatic rings. The van der Waals surface area contributed by atoms with Crippen LogP contribution in [0.5, 0.6) is 0 Å². The van der Waals surface area contributed by atoms with Gasteiger partial charge in [-0.25, -0.2) is 4.79 Å². The first-order chi connectivity index (χ1) is 4.31. The summed E-state index contributed by atoms with van der Waals surface area (Å²) in [5, 5.41) is 2.33. The number of hydrogen-bond acceptors (Lipinski definition) is 2. The molecule has 0 spiro atoms. The maximum absolute atomic E-state index is 10.3. The molecule has 0 bridgehead atoms. The summed E-state index contributed by atoms with van der Waals surface area (Å²) in [5.74, 6) is 0. The third-order valence-electron chi connectivity index (χ3n) is 0.759. The molecule has 9 heavy (non-hydrogen) atoms. The Morgan fingerprint density at radius 1 is 1.89 bits per heavy atom. The van der Waals surface area contributed by atoms with E-state index in [0.717, 1.165) is 0 Å². The van der Waals surface area contributed by atoms with Crippen molar-refractivity contribution in [2.45, 2.75) is 6.42 Å². The van der Waals surface area contributed by atoms with Crippen molar-refractivity contribution in [3.8, 4) is 0 Å². The van der Waals surface area contributed by atoms with Crippen molar-refractivity contribution in [2.24, 2.45) is 0 Å². The molecule has 0 aliphatic heterocycles. The average molecular weight is 129 g/mol. The largest absolute Gasteiger partial charge is 0.449 e. The van der Waals surface area contributed by atoms with E-state index in [1.165, 1.54) is 7.05 Å². The molecule has 0 saturated heterocycles. The Morgan fingerprint density at radius 3 is 3.00 bits per heavy atom. The fourth-order valence-electron chi connectivity index (χ4n) is 0.307. The van der Waals surface area contributed by atoms with Gasteiger partial charge in [0.25, 0.3) is 0 Å². The van der Waals surface area contributed by atoms with Gasteiger partial charge in [-0.2, -0.15) is 0 Å². The minimum atomic E-state index is -0.392. The monoisotopic (exact) mass is 129 g/mol. The minimum Gasteiger partial charge on any atom is -0.449 e. The van der Waals surface area contributed by atoms with Gasteiger partial charge in [-0.15, -0.1) is 6.58 Å². The van der Waals surface area contributed by atoms with Gasteiger partial charge in [0, 0.05) is 7.05 Å². The van der Waals surface area contributed by atoms with E-state index in [1.807, 2.05) is 0 Å². The molecule has 3 nitrogen and oxygen atoms in total. The highest BCUT2D eigenvalue weighted by molar-refractivity contribution is 5.66. The Kier molecular flexibility index (Phi) is 4.59. The second kappa shape index (κ2) is 5.15. The topological polar surface area (TPSA) is 38.3 Å².